The number of ether oxygens (including phenoxy) is 1. The van der Waals surface area contributed by atoms with E-state index in [1.165, 1.54) is 0 Å². The van der Waals surface area contributed by atoms with Crippen LogP contribution in [0.3, 0.4) is 0 Å². The molecule has 0 saturated heterocycles. The van der Waals surface area contributed by atoms with Crippen molar-refractivity contribution in [1.29, 1.82) is 0 Å². The smallest absolute Gasteiger partial charge is 0.231 e. The van der Waals surface area contributed by atoms with Gasteiger partial charge < -0.3 is 9.26 Å². The zero-order chi connectivity index (χ0) is 13.0. The van der Waals surface area contributed by atoms with Crippen LogP contribution in [0, 0.1) is 0 Å². The van der Waals surface area contributed by atoms with Crippen LogP contribution in [0.15, 0.2) is 28.8 Å². The fraction of sp³-hybridized carbons (Fsp3) is 0.385. The van der Waals surface area contributed by atoms with Gasteiger partial charge in [-0.15, -0.1) is 11.6 Å². The summed E-state index contributed by atoms with van der Waals surface area (Å²) in [6.45, 7) is 1.98. The Balaban J connectivity index is 2.06. The fourth-order valence-electron chi connectivity index (χ4n) is 1.57. The van der Waals surface area contributed by atoms with Gasteiger partial charge in [-0.3, -0.25) is 0 Å². The topological polar surface area (TPSA) is 48.2 Å². The zero-order valence-electron chi connectivity index (χ0n) is 10.4. The Morgan fingerprint density at radius 3 is 2.67 bits per heavy atom. The summed E-state index contributed by atoms with van der Waals surface area (Å²) in [6, 6.07) is 7.76. The standard InChI is InChI=1S/C13H15ClN2O2/c1-3-11(14)13-15-12(18-16-13)8-9-4-6-10(17-2)7-5-9/h4-7,11H,3,8H2,1-2H3. The zero-order valence-corrected chi connectivity index (χ0v) is 11.1. The van der Waals surface area contributed by atoms with Gasteiger partial charge in [0.05, 0.1) is 18.9 Å². The van der Waals surface area contributed by atoms with E-state index in [4.69, 9.17) is 20.9 Å². The van der Waals surface area contributed by atoms with E-state index in [2.05, 4.69) is 10.1 Å². The van der Waals surface area contributed by atoms with Crippen molar-refractivity contribution in [3.05, 3.63) is 41.5 Å². The highest BCUT2D eigenvalue weighted by molar-refractivity contribution is 6.20. The summed E-state index contributed by atoms with van der Waals surface area (Å²) in [5.41, 5.74) is 1.09. The number of halogens is 1. The average molecular weight is 267 g/mol. The van der Waals surface area contributed by atoms with Gasteiger partial charge in [0.25, 0.3) is 0 Å². The molecule has 0 spiro atoms. The Bertz CT molecular complexity index is 496. The molecule has 0 bridgehead atoms. The van der Waals surface area contributed by atoms with Crippen molar-refractivity contribution >= 4 is 11.6 Å². The van der Waals surface area contributed by atoms with Crippen LogP contribution >= 0.6 is 11.6 Å². The fourth-order valence-corrected chi connectivity index (χ4v) is 1.66. The summed E-state index contributed by atoms with van der Waals surface area (Å²) in [5.74, 6) is 1.97. The van der Waals surface area contributed by atoms with E-state index in [9.17, 15) is 0 Å². The lowest BCUT2D eigenvalue weighted by molar-refractivity contribution is 0.378. The Kier molecular flexibility index (Phi) is 4.20. The number of aromatic nitrogens is 2. The summed E-state index contributed by atoms with van der Waals surface area (Å²) in [5, 5.41) is 3.69. The van der Waals surface area contributed by atoms with E-state index in [1.807, 2.05) is 31.2 Å². The molecule has 1 aromatic carbocycles. The number of hydrogen-bond donors (Lipinski definition) is 0. The van der Waals surface area contributed by atoms with Crippen LogP contribution in [0.5, 0.6) is 5.75 Å². The average Bonchev–Trinajstić information content (AvgIpc) is 2.87. The summed E-state index contributed by atoms with van der Waals surface area (Å²) in [7, 11) is 1.64. The number of benzene rings is 1. The molecular weight excluding hydrogens is 252 g/mol. The summed E-state index contributed by atoms with van der Waals surface area (Å²) in [4.78, 5) is 4.28. The minimum absolute atomic E-state index is 0.182. The molecule has 0 aliphatic rings. The van der Waals surface area contributed by atoms with E-state index in [0.29, 0.717) is 18.1 Å². The molecule has 4 nitrogen and oxygen atoms in total. The van der Waals surface area contributed by atoms with Crippen molar-refractivity contribution in [1.82, 2.24) is 10.1 Å². The first-order valence-corrected chi connectivity index (χ1v) is 6.26. The second kappa shape index (κ2) is 5.87. The lowest BCUT2D eigenvalue weighted by Crippen LogP contribution is -1.93. The van der Waals surface area contributed by atoms with Crippen molar-refractivity contribution in [2.24, 2.45) is 0 Å². The molecule has 5 heteroatoms. The highest BCUT2D eigenvalue weighted by atomic mass is 35.5. The van der Waals surface area contributed by atoms with Crippen LogP contribution in [0.2, 0.25) is 0 Å². The molecule has 1 unspecified atom stereocenters. The predicted molar refractivity (Wildman–Crippen MR) is 69.0 cm³/mol. The molecular formula is C13H15ClN2O2. The molecule has 96 valence electrons. The summed E-state index contributed by atoms with van der Waals surface area (Å²) in [6.07, 6.45) is 1.38. The van der Waals surface area contributed by atoms with Gasteiger partial charge >= 0.3 is 0 Å². The van der Waals surface area contributed by atoms with Crippen molar-refractivity contribution in [2.75, 3.05) is 7.11 Å². The van der Waals surface area contributed by atoms with Crippen molar-refractivity contribution < 1.29 is 9.26 Å². The van der Waals surface area contributed by atoms with Crippen LogP contribution in [0.4, 0.5) is 0 Å². The van der Waals surface area contributed by atoms with Crippen molar-refractivity contribution in [2.45, 2.75) is 25.1 Å². The van der Waals surface area contributed by atoms with Gasteiger partial charge in [0, 0.05) is 0 Å². The second-order valence-electron chi connectivity index (χ2n) is 3.95. The monoisotopic (exact) mass is 266 g/mol. The molecule has 0 radical (unpaired) electrons. The largest absolute Gasteiger partial charge is 0.497 e. The van der Waals surface area contributed by atoms with E-state index in [1.54, 1.807) is 7.11 Å². The van der Waals surface area contributed by atoms with Gasteiger partial charge in [0.1, 0.15) is 5.75 Å². The normalized spacial score (nSPS) is 12.4. The molecule has 18 heavy (non-hydrogen) atoms. The van der Waals surface area contributed by atoms with Crippen molar-refractivity contribution in [3.63, 3.8) is 0 Å². The van der Waals surface area contributed by atoms with Crippen LogP contribution in [-0.4, -0.2) is 17.3 Å². The van der Waals surface area contributed by atoms with Gasteiger partial charge in [0.2, 0.25) is 5.89 Å². The van der Waals surface area contributed by atoms with E-state index >= 15 is 0 Å². The number of hydrogen-bond acceptors (Lipinski definition) is 4. The number of rotatable bonds is 5. The lowest BCUT2D eigenvalue weighted by atomic mass is 10.1. The quantitative estimate of drug-likeness (QED) is 0.779. The Hall–Kier alpha value is -1.55. The molecule has 1 aromatic heterocycles. The Labute approximate surface area is 111 Å². The lowest BCUT2D eigenvalue weighted by Gasteiger charge is -2.00. The Morgan fingerprint density at radius 1 is 1.33 bits per heavy atom. The first-order valence-electron chi connectivity index (χ1n) is 5.82. The number of alkyl halides is 1. The van der Waals surface area contributed by atoms with E-state index in [0.717, 1.165) is 17.7 Å². The maximum Gasteiger partial charge on any atom is 0.231 e. The SMILES string of the molecule is CCC(Cl)c1noc(Cc2ccc(OC)cc2)n1. The third-order valence-electron chi connectivity index (χ3n) is 2.64. The molecule has 0 amide bonds. The summed E-state index contributed by atoms with van der Waals surface area (Å²) < 4.78 is 10.3. The number of nitrogens with zero attached hydrogens (tertiary/aromatic N) is 2. The molecule has 0 N–H and O–H groups in total. The van der Waals surface area contributed by atoms with Crippen LogP contribution < -0.4 is 4.74 Å². The van der Waals surface area contributed by atoms with Gasteiger partial charge in [-0.2, -0.15) is 4.98 Å². The second-order valence-corrected chi connectivity index (χ2v) is 4.47. The van der Waals surface area contributed by atoms with Crippen LogP contribution in [0.25, 0.3) is 0 Å². The van der Waals surface area contributed by atoms with Crippen LogP contribution in [0.1, 0.15) is 36.0 Å². The van der Waals surface area contributed by atoms with Crippen molar-refractivity contribution in [3.8, 4) is 5.75 Å². The van der Waals surface area contributed by atoms with E-state index in [-0.39, 0.29) is 5.38 Å². The predicted octanol–water partition coefficient (Wildman–Crippen LogP) is 3.36. The van der Waals surface area contributed by atoms with E-state index < -0.39 is 0 Å². The third-order valence-corrected chi connectivity index (χ3v) is 3.14. The highest BCUT2D eigenvalue weighted by Crippen LogP contribution is 2.21. The molecule has 0 fully saturated rings. The Morgan fingerprint density at radius 2 is 2.06 bits per heavy atom. The van der Waals surface area contributed by atoms with Gasteiger partial charge in [-0.25, -0.2) is 0 Å². The molecule has 0 aliphatic heterocycles. The molecule has 0 aliphatic carbocycles. The highest BCUT2D eigenvalue weighted by Gasteiger charge is 2.13. The number of methoxy groups -OCH3 is 1. The van der Waals surface area contributed by atoms with Crippen LogP contribution in [-0.2, 0) is 6.42 Å². The summed E-state index contributed by atoms with van der Waals surface area (Å²) >= 11 is 6.05. The minimum Gasteiger partial charge on any atom is -0.497 e. The molecule has 0 saturated carbocycles. The third kappa shape index (κ3) is 3.01. The molecule has 1 atom stereocenters. The molecule has 2 rings (SSSR count). The maximum absolute atomic E-state index is 6.05. The minimum atomic E-state index is -0.182. The molecule has 1 heterocycles. The maximum atomic E-state index is 6.05. The first kappa shape index (κ1) is 12.9. The van der Waals surface area contributed by atoms with Gasteiger partial charge in [-0.1, -0.05) is 24.2 Å². The van der Waals surface area contributed by atoms with Gasteiger partial charge in [-0.05, 0) is 24.1 Å². The molecule has 2 aromatic rings. The van der Waals surface area contributed by atoms with Gasteiger partial charge in [0.15, 0.2) is 5.82 Å². The first-order chi connectivity index (χ1) is 8.72.